The molecule has 0 spiro atoms. The summed E-state index contributed by atoms with van der Waals surface area (Å²) in [6.45, 7) is 1.09. The van der Waals surface area contributed by atoms with Crippen LogP contribution < -0.4 is 15.8 Å². The van der Waals surface area contributed by atoms with Crippen LogP contribution in [0, 0.1) is 0 Å². The molecule has 0 saturated carbocycles. The molecular formula is C23H24ClN2O6PS. The third kappa shape index (κ3) is 8.14. The zero-order chi connectivity index (χ0) is 24.8. The van der Waals surface area contributed by atoms with Gasteiger partial charge in [-0.2, -0.15) is 0 Å². The van der Waals surface area contributed by atoms with Crippen molar-refractivity contribution in [1.82, 2.24) is 0 Å². The van der Waals surface area contributed by atoms with E-state index >= 15 is 0 Å². The minimum absolute atomic E-state index is 0.279. The molecule has 0 bridgehead atoms. The summed E-state index contributed by atoms with van der Waals surface area (Å²) in [6.07, 6.45) is 0. The first kappa shape index (κ1) is 26.2. The monoisotopic (exact) mass is 522 g/mol. The number of hydrogen-bond acceptors (Lipinski definition) is 6. The SMILES string of the molecule is C[C@](N)(COP(=O)(O)O)C(=O)Nc1ccc(Sc2cccc(OCc3ccccc3)c2)cc1Cl. The fourth-order valence-electron chi connectivity index (χ4n) is 2.71. The van der Waals surface area contributed by atoms with Gasteiger partial charge in [-0.05, 0) is 48.9 Å². The molecule has 0 radical (unpaired) electrons. The Hall–Kier alpha value is -2.36. The molecule has 0 aliphatic carbocycles. The van der Waals surface area contributed by atoms with Crippen LogP contribution in [0.4, 0.5) is 5.69 Å². The van der Waals surface area contributed by atoms with Crippen LogP contribution in [0.5, 0.6) is 5.75 Å². The molecule has 3 aromatic carbocycles. The van der Waals surface area contributed by atoms with Crippen LogP contribution in [0.2, 0.25) is 5.02 Å². The highest BCUT2D eigenvalue weighted by molar-refractivity contribution is 7.99. The molecule has 0 aliphatic heterocycles. The molecule has 0 saturated heterocycles. The van der Waals surface area contributed by atoms with Crippen molar-refractivity contribution >= 4 is 42.8 Å². The molecule has 0 unspecified atom stereocenters. The molecule has 3 aromatic rings. The Balaban J connectivity index is 1.62. The number of phosphoric acid groups is 1. The Morgan fingerprint density at radius 3 is 2.47 bits per heavy atom. The molecule has 0 heterocycles. The van der Waals surface area contributed by atoms with E-state index < -0.39 is 25.9 Å². The number of halogens is 1. The van der Waals surface area contributed by atoms with E-state index in [1.807, 2.05) is 54.6 Å². The molecule has 34 heavy (non-hydrogen) atoms. The highest BCUT2D eigenvalue weighted by atomic mass is 35.5. The van der Waals surface area contributed by atoms with Crippen LogP contribution in [-0.4, -0.2) is 27.8 Å². The van der Waals surface area contributed by atoms with Crippen molar-refractivity contribution in [3.63, 3.8) is 0 Å². The highest BCUT2D eigenvalue weighted by Crippen LogP contribution is 2.37. The fraction of sp³-hybridized carbons (Fsp3) is 0.174. The van der Waals surface area contributed by atoms with Gasteiger partial charge in [0, 0.05) is 9.79 Å². The number of benzene rings is 3. The largest absolute Gasteiger partial charge is 0.489 e. The maximum absolute atomic E-state index is 12.4. The topological polar surface area (TPSA) is 131 Å². The second kappa shape index (κ2) is 11.4. The van der Waals surface area contributed by atoms with Gasteiger partial charge in [-0.25, -0.2) is 4.57 Å². The van der Waals surface area contributed by atoms with Crippen LogP contribution in [0.3, 0.4) is 0 Å². The van der Waals surface area contributed by atoms with E-state index in [2.05, 4.69) is 9.84 Å². The van der Waals surface area contributed by atoms with Gasteiger partial charge in [-0.3, -0.25) is 9.32 Å². The fourth-order valence-corrected chi connectivity index (χ4v) is 4.35. The summed E-state index contributed by atoms with van der Waals surface area (Å²) < 4.78 is 21.1. The standard InChI is InChI=1S/C23H24ClN2O6PS/c1-23(25,15-32-33(28,29)30)22(27)26-21-11-10-19(13-20(21)24)34-18-9-5-8-17(12-18)31-14-16-6-3-2-4-7-16/h2-13H,14-15,25H2,1H3,(H,26,27)(H2,28,29,30)/t23-/m0/s1. The van der Waals surface area contributed by atoms with Crippen molar-refractivity contribution in [2.45, 2.75) is 28.9 Å². The molecule has 8 nitrogen and oxygen atoms in total. The number of hydrogen-bond donors (Lipinski definition) is 4. The Labute approximate surface area is 206 Å². The first-order chi connectivity index (χ1) is 16.0. The maximum Gasteiger partial charge on any atom is 0.469 e. The van der Waals surface area contributed by atoms with E-state index in [0.29, 0.717) is 12.3 Å². The van der Waals surface area contributed by atoms with Crippen LogP contribution in [0.1, 0.15) is 12.5 Å². The lowest BCUT2D eigenvalue weighted by atomic mass is 10.0. The summed E-state index contributed by atoms with van der Waals surface area (Å²) in [6, 6.07) is 22.6. The lowest BCUT2D eigenvalue weighted by Gasteiger charge is -2.23. The third-order valence-corrected chi connectivity index (χ3v) is 6.29. The smallest absolute Gasteiger partial charge is 0.469 e. The van der Waals surface area contributed by atoms with E-state index in [0.717, 1.165) is 21.1 Å². The first-order valence-electron chi connectivity index (χ1n) is 10.1. The van der Waals surface area contributed by atoms with Gasteiger partial charge in [0.1, 0.15) is 17.9 Å². The Kier molecular flexibility index (Phi) is 8.78. The van der Waals surface area contributed by atoms with Crippen molar-refractivity contribution in [1.29, 1.82) is 0 Å². The third-order valence-electron chi connectivity index (χ3n) is 4.53. The molecule has 180 valence electrons. The molecule has 5 N–H and O–H groups in total. The molecule has 0 fully saturated rings. The van der Waals surface area contributed by atoms with Gasteiger partial charge in [0.2, 0.25) is 5.91 Å². The Morgan fingerprint density at radius 1 is 1.09 bits per heavy atom. The average molecular weight is 523 g/mol. The highest BCUT2D eigenvalue weighted by Gasteiger charge is 2.32. The molecule has 3 rings (SSSR count). The number of nitrogens with two attached hydrogens (primary N) is 1. The summed E-state index contributed by atoms with van der Waals surface area (Å²) in [7, 11) is -4.76. The van der Waals surface area contributed by atoms with E-state index in [4.69, 9.17) is 31.9 Å². The van der Waals surface area contributed by atoms with E-state index in [9.17, 15) is 9.36 Å². The number of rotatable bonds is 10. The lowest BCUT2D eigenvalue weighted by molar-refractivity contribution is -0.121. The van der Waals surface area contributed by atoms with Gasteiger partial charge < -0.3 is 25.6 Å². The van der Waals surface area contributed by atoms with Crippen molar-refractivity contribution < 1.29 is 28.4 Å². The minimum Gasteiger partial charge on any atom is -0.489 e. The van der Waals surface area contributed by atoms with Gasteiger partial charge in [-0.15, -0.1) is 0 Å². The van der Waals surface area contributed by atoms with E-state index in [1.54, 1.807) is 18.2 Å². The lowest BCUT2D eigenvalue weighted by Crippen LogP contribution is -2.52. The zero-order valence-corrected chi connectivity index (χ0v) is 20.6. The maximum atomic E-state index is 12.4. The average Bonchev–Trinajstić information content (AvgIpc) is 2.79. The summed E-state index contributed by atoms with van der Waals surface area (Å²) >= 11 is 7.81. The quantitative estimate of drug-likeness (QED) is 0.278. The normalized spacial score (nSPS) is 13.2. The second-order valence-electron chi connectivity index (χ2n) is 7.63. The molecular weight excluding hydrogens is 499 g/mol. The molecule has 1 amide bonds. The second-order valence-corrected chi connectivity index (χ2v) is 10.4. The number of carbonyl (C=O) groups excluding carboxylic acids is 1. The molecule has 0 aromatic heterocycles. The molecule has 11 heteroatoms. The number of amides is 1. The van der Waals surface area contributed by atoms with Gasteiger partial charge in [-0.1, -0.05) is 59.8 Å². The van der Waals surface area contributed by atoms with Gasteiger partial charge in [0.05, 0.1) is 17.3 Å². The Morgan fingerprint density at radius 2 is 1.79 bits per heavy atom. The summed E-state index contributed by atoms with van der Waals surface area (Å²) in [5, 5.41) is 2.84. The van der Waals surface area contributed by atoms with E-state index in [-0.39, 0.29) is 5.02 Å². The number of nitrogens with one attached hydrogen (secondary N) is 1. The first-order valence-corrected chi connectivity index (χ1v) is 12.8. The van der Waals surface area contributed by atoms with Crippen molar-refractivity contribution in [2.75, 3.05) is 11.9 Å². The van der Waals surface area contributed by atoms with Crippen molar-refractivity contribution in [3.8, 4) is 5.75 Å². The molecule has 0 aliphatic rings. The predicted molar refractivity (Wildman–Crippen MR) is 132 cm³/mol. The zero-order valence-electron chi connectivity index (χ0n) is 18.2. The number of ether oxygens (including phenoxy) is 1. The van der Waals surface area contributed by atoms with Crippen LogP contribution >= 0.6 is 31.2 Å². The van der Waals surface area contributed by atoms with E-state index in [1.165, 1.54) is 18.7 Å². The van der Waals surface area contributed by atoms with Gasteiger partial charge in [0.25, 0.3) is 0 Å². The predicted octanol–water partition coefficient (Wildman–Crippen LogP) is 4.84. The number of carbonyl (C=O) groups is 1. The van der Waals surface area contributed by atoms with Crippen molar-refractivity contribution in [3.05, 3.63) is 83.4 Å². The summed E-state index contributed by atoms with van der Waals surface area (Å²) in [5.74, 6) is 0.0371. The van der Waals surface area contributed by atoms with Gasteiger partial charge >= 0.3 is 7.82 Å². The summed E-state index contributed by atoms with van der Waals surface area (Å²) in [5.41, 5.74) is 5.54. The van der Waals surface area contributed by atoms with Crippen LogP contribution in [-0.2, 0) is 20.5 Å². The minimum atomic E-state index is -4.76. The van der Waals surface area contributed by atoms with Gasteiger partial charge in [0.15, 0.2) is 0 Å². The van der Waals surface area contributed by atoms with Crippen LogP contribution in [0.25, 0.3) is 0 Å². The number of phosphoric ester groups is 1. The van der Waals surface area contributed by atoms with Crippen molar-refractivity contribution in [2.24, 2.45) is 5.73 Å². The number of anilines is 1. The summed E-state index contributed by atoms with van der Waals surface area (Å²) in [4.78, 5) is 31.9. The Bertz CT molecular complexity index is 1190. The molecule has 1 atom stereocenters. The van der Waals surface area contributed by atoms with Crippen LogP contribution in [0.15, 0.2) is 82.6 Å².